The molecule has 0 saturated carbocycles. The van der Waals surface area contributed by atoms with Crippen LogP contribution in [0.15, 0.2) is 12.4 Å². The molecular formula is C11H12ClN3. The average molecular weight is 222 g/mol. The van der Waals surface area contributed by atoms with Gasteiger partial charge in [0.25, 0.3) is 0 Å². The van der Waals surface area contributed by atoms with Gasteiger partial charge in [-0.25, -0.2) is 0 Å². The lowest BCUT2D eigenvalue weighted by atomic mass is 10.1. The van der Waals surface area contributed by atoms with Crippen molar-refractivity contribution >= 4 is 17.3 Å². The molecule has 1 aromatic heterocycles. The monoisotopic (exact) mass is 221 g/mol. The first-order valence-corrected chi connectivity index (χ1v) is 5.49. The van der Waals surface area contributed by atoms with Gasteiger partial charge in [0.2, 0.25) is 0 Å². The molecule has 78 valence electrons. The molecule has 0 bridgehead atoms. The Labute approximate surface area is 94.3 Å². The van der Waals surface area contributed by atoms with Gasteiger partial charge < -0.3 is 4.90 Å². The molecule has 1 aromatic rings. The molecule has 1 aliphatic heterocycles. The van der Waals surface area contributed by atoms with Crippen LogP contribution in [0.25, 0.3) is 0 Å². The van der Waals surface area contributed by atoms with E-state index in [1.165, 1.54) is 25.5 Å². The molecule has 2 heterocycles. The van der Waals surface area contributed by atoms with Gasteiger partial charge in [0.05, 0.1) is 22.5 Å². The second-order valence-electron chi connectivity index (χ2n) is 3.68. The van der Waals surface area contributed by atoms with Crippen LogP contribution in [0.1, 0.15) is 24.8 Å². The van der Waals surface area contributed by atoms with Crippen molar-refractivity contribution in [2.24, 2.45) is 0 Å². The van der Waals surface area contributed by atoms with E-state index in [-0.39, 0.29) is 0 Å². The van der Waals surface area contributed by atoms with Crippen LogP contribution in [0.3, 0.4) is 0 Å². The van der Waals surface area contributed by atoms with Crippen molar-refractivity contribution in [1.29, 1.82) is 5.26 Å². The van der Waals surface area contributed by atoms with E-state index in [1.54, 1.807) is 6.20 Å². The Bertz CT molecular complexity index is 391. The second kappa shape index (κ2) is 4.50. The summed E-state index contributed by atoms with van der Waals surface area (Å²) in [4.78, 5) is 6.25. The van der Waals surface area contributed by atoms with Crippen LogP contribution in [0, 0.1) is 11.3 Å². The highest BCUT2D eigenvalue weighted by molar-refractivity contribution is 6.34. The Morgan fingerprint density at radius 3 is 2.67 bits per heavy atom. The first kappa shape index (κ1) is 10.3. The number of piperidine rings is 1. The van der Waals surface area contributed by atoms with E-state index in [4.69, 9.17) is 16.9 Å². The van der Waals surface area contributed by atoms with E-state index in [0.29, 0.717) is 10.6 Å². The van der Waals surface area contributed by atoms with Crippen molar-refractivity contribution < 1.29 is 0 Å². The third-order valence-electron chi connectivity index (χ3n) is 2.68. The molecule has 2 rings (SSSR count). The fourth-order valence-electron chi connectivity index (χ4n) is 1.87. The lowest BCUT2D eigenvalue weighted by Gasteiger charge is -2.29. The Morgan fingerprint density at radius 1 is 1.27 bits per heavy atom. The molecule has 0 radical (unpaired) electrons. The summed E-state index contributed by atoms with van der Waals surface area (Å²) in [7, 11) is 0. The Balaban J connectivity index is 2.31. The number of nitrogens with zero attached hydrogens (tertiary/aromatic N) is 3. The van der Waals surface area contributed by atoms with E-state index in [0.717, 1.165) is 18.8 Å². The summed E-state index contributed by atoms with van der Waals surface area (Å²) in [5.41, 5.74) is 1.36. The van der Waals surface area contributed by atoms with Crippen LogP contribution in [0.5, 0.6) is 0 Å². The fraction of sp³-hybridized carbons (Fsp3) is 0.455. The third-order valence-corrected chi connectivity index (χ3v) is 3.08. The zero-order valence-electron chi connectivity index (χ0n) is 8.41. The third kappa shape index (κ3) is 2.05. The summed E-state index contributed by atoms with van der Waals surface area (Å²) in [6.07, 6.45) is 6.91. The van der Waals surface area contributed by atoms with Crippen LogP contribution in [0.4, 0.5) is 5.69 Å². The molecule has 0 aliphatic carbocycles. The number of anilines is 1. The maximum atomic E-state index is 8.85. The minimum atomic E-state index is 0.458. The molecular weight excluding hydrogens is 210 g/mol. The summed E-state index contributed by atoms with van der Waals surface area (Å²) < 4.78 is 0. The zero-order valence-corrected chi connectivity index (χ0v) is 9.17. The lowest BCUT2D eigenvalue weighted by molar-refractivity contribution is 0.577. The van der Waals surface area contributed by atoms with Gasteiger partial charge in [-0.05, 0) is 19.3 Å². The Morgan fingerprint density at radius 2 is 2.00 bits per heavy atom. The highest BCUT2D eigenvalue weighted by Crippen LogP contribution is 2.29. The largest absolute Gasteiger partial charge is 0.369 e. The number of hydrogen-bond donors (Lipinski definition) is 0. The van der Waals surface area contributed by atoms with Gasteiger partial charge in [0.1, 0.15) is 6.07 Å². The summed E-state index contributed by atoms with van der Waals surface area (Å²) >= 11 is 6.14. The van der Waals surface area contributed by atoms with Crippen LogP contribution in [0.2, 0.25) is 5.02 Å². The molecule has 0 amide bonds. The van der Waals surface area contributed by atoms with E-state index >= 15 is 0 Å². The van der Waals surface area contributed by atoms with Crippen molar-refractivity contribution in [3.05, 3.63) is 23.0 Å². The maximum absolute atomic E-state index is 8.85. The molecule has 15 heavy (non-hydrogen) atoms. The van der Waals surface area contributed by atoms with Crippen LogP contribution >= 0.6 is 11.6 Å². The summed E-state index contributed by atoms with van der Waals surface area (Å²) in [5.74, 6) is 0. The number of rotatable bonds is 1. The molecule has 4 heteroatoms. The topological polar surface area (TPSA) is 39.9 Å². The number of aromatic nitrogens is 1. The standard InChI is InChI=1S/C11H12ClN3/c12-11-9(6-13)7-14-8-10(11)15-4-2-1-3-5-15/h7-8H,1-5H2. The normalized spacial score (nSPS) is 16.1. The van der Waals surface area contributed by atoms with Gasteiger partial charge in [-0.2, -0.15) is 5.26 Å². The predicted molar refractivity (Wildman–Crippen MR) is 60.0 cm³/mol. The van der Waals surface area contributed by atoms with Crippen molar-refractivity contribution in [3.8, 4) is 6.07 Å². The van der Waals surface area contributed by atoms with Gasteiger partial charge in [-0.15, -0.1) is 0 Å². The molecule has 1 saturated heterocycles. The minimum Gasteiger partial charge on any atom is -0.369 e. The molecule has 0 aromatic carbocycles. The quantitative estimate of drug-likeness (QED) is 0.732. The smallest absolute Gasteiger partial charge is 0.102 e. The predicted octanol–water partition coefficient (Wildman–Crippen LogP) is 2.60. The lowest BCUT2D eigenvalue weighted by Crippen LogP contribution is -2.29. The van der Waals surface area contributed by atoms with Crippen molar-refractivity contribution in [1.82, 2.24) is 4.98 Å². The first-order valence-electron chi connectivity index (χ1n) is 5.11. The highest BCUT2D eigenvalue weighted by atomic mass is 35.5. The van der Waals surface area contributed by atoms with Crippen molar-refractivity contribution in [2.75, 3.05) is 18.0 Å². The summed E-state index contributed by atoms with van der Waals surface area (Å²) in [5, 5.41) is 9.38. The van der Waals surface area contributed by atoms with Gasteiger partial charge in [-0.3, -0.25) is 4.98 Å². The second-order valence-corrected chi connectivity index (χ2v) is 4.06. The minimum absolute atomic E-state index is 0.458. The van der Waals surface area contributed by atoms with E-state index in [2.05, 4.69) is 16.0 Å². The molecule has 0 unspecified atom stereocenters. The van der Waals surface area contributed by atoms with Crippen molar-refractivity contribution in [2.45, 2.75) is 19.3 Å². The first-order chi connectivity index (χ1) is 7.33. The van der Waals surface area contributed by atoms with Gasteiger partial charge in [0.15, 0.2) is 0 Å². The van der Waals surface area contributed by atoms with Gasteiger partial charge in [0, 0.05) is 19.3 Å². The van der Waals surface area contributed by atoms with Gasteiger partial charge >= 0.3 is 0 Å². The van der Waals surface area contributed by atoms with Crippen LogP contribution in [-0.2, 0) is 0 Å². The number of halogens is 1. The van der Waals surface area contributed by atoms with Crippen molar-refractivity contribution in [3.63, 3.8) is 0 Å². The van der Waals surface area contributed by atoms with Crippen LogP contribution < -0.4 is 4.90 Å². The Kier molecular flexibility index (Phi) is 3.08. The molecule has 3 nitrogen and oxygen atoms in total. The maximum Gasteiger partial charge on any atom is 0.102 e. The SMILES string of the molecule is N#Cc1cncc(N2CCCCC2)c1Cl. The zero-order chi connectivity index (χ0) is 10.7. The fourth-order valence-corrected chi connectivity index (χ4v) is 2.13. The molecule has 0 spiro atoms. The highest BCUT2D eigenvalue weighted by Gasteiger charge is 2.15. The molecule has 0 N–H and O–H groups in total. The molecule has 0 atom stereocenters. The van der Waals surface area contributed by atoms with Crippen LogP contribution in [-0.4, -0.2) is 18.1 Å². The number of hydrogen-bond acceptors (Lipinski definition) is 3. The van der Waals surface area contributed by atoms with E-state index < -0.39 is 0 Å². The molecule has 1 fully saturated rings. The Hall–Kier alpha value is -1.27. The van der Waals surface area contributed by atoms with E-state index in [9.17, 15) is 0 Å². The van der Waals surface area contributed by atoms with E-state index in [1.807, 2.05) is 0 Å². The summed E-state index contributed by atoms with van der Waals surface area (Å²) in [6.45, 7) is 2.02. The summed E-state index contributed by atoms with van der Waals surface area (Å²) in [6, 6.07) is 2.05. The average Bonchev–Trinajstić information content (AvgIpc) is 2.30. The number of nitriles is 1. The number of pyridine rings is 1. The molecule has 1 aliphatic rings. The van der Waals surface area contributed by atoms with Gasteiger partial charge in [-0.1, -0.05) is 11.6 Å².